The first-order valence-corrected chi connectivity index (χ1v) is 5.41. The largest absolute Gasteiger partial charge is 0.206 e. The molecule has 0 nitrogen and oxygen atoms in total. The van der Waals surface area contributed by atoms with Gasteiger partial charge in [0.05, 0.1) is 0 Å². The summed E-state index contributed by atoms with van der Waals surface area (Å²) in [6, 6.07) is 4.52. The summed E-state index contributed by atoms with van der Waals surface area (Å²) in [4.78, 5) is 0. The summed E-state index contributed by atoms with van der Waals surface area (Å²) in [6.07, 6.45) is 4.53. The molecular weight excluding hydrogens is 254 g/mol. The van der Waals surface area contributed by atoms with Gasteiger partial charge in [-0.1, -0.05) is 39.7 Å². The summed E-state index contributed by atoms with van der Waals surface area (Å²) in [7, 11) is 0. The van der Waals surface area contributed by atoms with Crippen molar-refractivity contribution in [2.24, 2.45) is 0 Å². The van der Waals surface area contributed by atoms with E-state index in [0.717, 1.165) is 11.8 Å². The number of hydrogen-bond donors (Lipinski definition) is 0. The highest BCUT2D eigenvalue weighted by Crippen LogP contribution is 2.16. The average Bonchev–Trinajstić information content (AvgIpc) is 2.11. The molecule has 0 unspecified atom stereocenters. The van der Waals surface area contributed by atoms with Crippen LogP contribution < -0.4 is 0 Å². The Kier molecular flexibility index (Phi) is 4.46. The van der Waals surface area contributed by atoms with Gasteiger partial charge in [0, 0.05) is 15.9 Å². The van der Waals surface area contributed by atoms with Crippen molar-refractivity contribution in [3.63, 3.8) is 0 Å². The predicted octanol–water partition coefficient (Wildman–Crippen LogP) is 4.28. The van der Waals surface area contributed by atoms with Crippen LogP contribution in [-0.2, 0) is 0 Å². The lowest BCUT2D eigenvalue weighted by Gasteiger charge is -1.96. The second kappa shape index (κ2) is 5.40. The zero-order chi connectivity index (χ0) is 9.68. The molecule has 0 bridgehead atoms. The highest BCUT2D eigenvalue weighted by atomic mass is 79.9. The lowest BCUT2D eigenvalue weighted by Crippen LogP contribution is -1.80. The van der Waals surface area contributed by atoms with Crippen LogP contribution in [0.1, 0.15) is 12.0 Å². The maximum atomic E-state index is 13.1. The highest BCUT2D eigenvalue weighted by molar-refractivity contribution is 9.09. The van der Waals surface area contributed by atoms with E-state index < -0.39 is 0 Å². The van der Waals surface area contributed by atoms with Crippen LogP contribution in [0.3, 0.4) is 0 Å². The van der Waals surface area contributed by atoms with E-state index in [9.17, 15) is 4.39 Å². The van der Waals surface area contributed by atoms with Crippen molar-refractivity contribution in [2.75, 3.05) is 5.33 Å². The number of rotatable bonds is 3. The molecule has 0 aliphatic heterocycles. The van der Waals surface area contributed by atoms with Gasteiger partial charge in [0.2, 0.25) is 0 Å². The van der Waals surface area contributed by atoms with Gasteiger partial charge in [-0.25, -0.2) is 4.39 Å². The molecule has 1 rings (SSSR count). The second-order valence-corrected chi connectivity index (χ2v) is 3.78. The molecule has 0 aromatic heterocycles. The second-order valence-electron chi connectivity index (χ2n) is 2.55. The average molecular weight is 264 g/mol. The van der Waals surface area contributed by atoms with E-state index >= 15 is 0 Å². The first-order chi connectivity index (χ1) is 6.24. The van der Waals surface area contributed by atoms with Gasteiger partial charge in [0.25, 0.3) is 0 Å². The first-order valence-electron chi connectivity index (χ1n) is 3.91. The van der Waals surface area contributed by atoms with Gasteiger partial charge in [-0.05, 0) is 24.6 Å². The highest BCUT2D eigenvalue weighted by Gasteiger charge is 1.97. The van der Waals surface area contributed by atoms with Crippen LogP contribution in [-0.4, -0.2) is 5.33 Å². The molecule has 3 heteroatoms. The predicted molar refractivity (Wildman–Crippen MR) is 58.9 cm³/mol. The third-order valence-electron chi connectivity index (χ3n) is 1.53. The Bertz CT molecular complexity index is 310. The number of hydrogen-bond acceptors (Lipinski definition) is 0. The molecule has 0 radical (unpaired) electrons. The minimum absolute atomic E-state index is 0.241. The summed E-state index contributed by atoms with van der Waals surface area (Å²) < 4.78 is 13.1. The fourth-order valence-electron chi connectivity index (χ4n) is 0.916. The SMILES string of the molecule is Fc1ccc(Cl)cc1C=CCCBr. The van der Waals surface area contributed by atoms with Crippen molar-refractivity contribution >= 4 is 33.6 Å². The topological polar surface area (TPSA) is 0 Å². The van der Waals surface area contributed by atoms with Crippen LogP contribution in [0.15, 0.2) is 24.3 Å². The summed E-state index contributed by atoms with van der Waals surface area (Å²) >= 11 is 9.00. The maximum absolute atomic E-state index is 13.1. The maximum Gasteiger partial charge on any atom is 0.130 e. The zero-order valence-electron chi connectivity index (χ0n) is 6.93. The Balaban J connectivity index is 2.81. The molecular formula is C10H9BrClF. The van der Waals surface area contributed by atoms with Crippen LogP contribution in [0.5, 0.6) is 0 Å². The summed E-state index contributed by atoms with van der Waals surface area (Å²) in [5, 5.41) is 1.44. The van der Waals surface area contributed by atoms with E-state index in [1.807, 2.05) is 6.08 Å². The number of allylic oxidation sites excluding steroid dienone is 1. The van der Waals surface area contributed by atoms with Crippen LogP contribution in [0.2, 0.25) is 5.02 Å². The molecule has 0 saturated carbocycles. The fourth-order valence-corrected chi connectivity index (χ4v) is 1.36. The number of alkyl halides is 1. The molecule has 0 N–H and O–H groups in total. The third kappa shape index (κ3) is 3.49. The molecule has 13 heavy (non-hydrogen) atoms. The quantitative estimate of drug-likeness (QED) is 0.714. The number of benzene rings is 1. The van der Waals surface area contributed by atoms with Gasteiger partial charge in [0.1, 0.15) is 5.82 Å². The molecule has 1 aromatic carbocycles. The van der Waals surface area contributed by atoms with E-state index in [2.05, 4.69) is 15.9 Å². The summed E-state index contributed by atoms with van der Waals surface area (Å²) in [6.45, 7) is 0. The minimum Gasteiger partial charge on any atom is -0.206 e. The lowest BCUT2D eigenvalue weighted by atomic mass is 10.2. The molecule has 0 atom stereocenters. The van der Waals surface area contributed by atoms with Crippen molar-refractivity contribution in [2.45, 2.75) is 6.42 Å². The van der Waals surface area contributed by atoms with Crippen molar-refractivity contribution in [1.29, 1.82) is 0 Å². The van der Waals surface area contributed by atoms with Crippen molar-refractivity contribution in [3.05, 3.63) is 40.7 Å². The van der Waals surface area contributed by atoms with E-state index in [-0.39, 0.29) is 5.82 Å². The number of halogens is 3. The van der Waals surface area contributed by atoms with E-state index in [0.29, 0.717) is 10.6 Å². The van der Waals surface area contributed by atoms with Crippen molar-refractivity contribution in [1.82, 2.24) is 0 Å². The van der Waals surface area contributed by atoms with Crippen LogP contribution in [0.25, 0.3) is 6.08 Å². The zero-order valence-corrected chi connectivity index (χ0v) is 9.28. The Labute approximate surface area is 90.5 Å². The van der Waals surface area contributed by atoms with Crippen molar-refractivity contribution < 1.29 is 4.39 Å². The van der Waals surface area contributed by atoms with E-state index in [1.54, 1.807) is 18.2 Å². The van der Waals surface area contributed by atoms with E-state index in [1.165, 1.54) is 6.07 Å². The van der Waals surface area contributed by atoms with Crippen molar-refractivity contribution in [3.8, 4) is 0 Å². The Morgan fingerprint density at radius 3 is 2.92 bits per heavy atom. The van der Waals surface area contributed by atoms with E-state index in [4.69, 9.17) is 11.6 Å². The van der Waals surface area contributed by atoms with Crippen LogP contribution in [0.4, 0.5) is 4.39 Å². The summed E-state index contributed by atoms with van der Waals surface area (Å²) in [5.74, 6) is -0.241. The van der Waals surface area contributed by atoms with Gasteiger partial charge in [-0.3, -0.25) is 0 Å². The van der Waals surface area contributed by atoms with Crippen LogP contribution >= 0.6 is 27.5 Å². The molecule has 0 heterocycles. The van der Waals surface area contributed by atoms with Gasteiger partial charge in [-0.15, -0.1) is 0 Å². The van der Waals surface area contributed by atoms with Gasteiger partial charge < -0.3 is 0 Å². The minimum atomic E-state index is -0.241. The molecule has 70 valence electrons. The molecule has 0 aliphatic rings. The lowest BCUT2D eigenvalue weighted by molar-refractivity contribution is 0.625. The van der Waals surface area contributed by atoms with Gasteiger partial charge in [-0.2, -0.15) is 0 Å². The molecule has 1 aromatic rings. The molecule has 0 aliphatic carbocycles. The van der Waals surface area contributed by atoms with Gasteiger partial charge in [0.15, 0.2) is 0 Å². The molecule has 0 saturated heterocycles. The third-order valence-corrected chi connectivity index (χ3v) is 2.22. The van der Waals surface area contributed by atoms with Gasteiger partial charge >= 0.3 is 0 Å². The standard InChI is InChI=1S/C10H9BrClF/c11-6-2-1-3-8-7-9(12)4-5-10(8)13/h1,3-5,7H,2,6H2. The molecule has 0 spiro atoms. The monoisotopic (exact) mass is 262 g/mol. The Morgan fingerprint density at radius 2 is 2.23 bits per heavy atom. The fraction of sp³-hybridized carbons (Fsp3) is 0.200. The smallest absolute Gasteiger partial charge is 0.130 e. The van der Waals surface area contributed by atoms with Crippen LogP contribution in [0, 0.1) is 5.82 Å². The molecule has 0 fully saturated rings. The first kappa shape index (κ1) is 10.7. The Hall–Kier alpha value is -0.340. The normalized spacial score (nSPS) is 11.0. The Morgan fingerprint density at radius 1 is 1.46 bits per heavy atom. The molecule has 0 amide bonds. The summed E-state index contributed by atoms with van der Waals surface area (Å²) in [5.41, 5.74) is 0.536.